The molecule has 1 aromatic carbocycles. The fourth-order valence-corrected chi connectivity index (χ4v) is 4.45. The maximum atomic E-state index is 12.8. The first-order chi connectivity index (χ1) is 14.5. The summed E-state index contributed by atoms with van der Waals surface area (Å²) in [5, 5.41) is 3.42. The number of ether oxygens (including phenoxy) is 1. The third-order valence-electron chi connectivity index (χ3n) is 6.20. The standard InChI is InChI=1S/C25H31N3O2/c1-3-28(4-2)24(29)19-7-5-6-18(8-9-19)22-17-25(12-14-27-15-13-25)30-23-11-10-20(26)16-21(22)23/h5-6,8-11,16-17,27H,3-4,7,12-15,26H2,1-2H3. The molecule has 0 unspecified atom stereocenters. The van der Waals surface area contributed by atoms with E-state index in [1.165, 1.54) is 0 Å². The summed E-state index contributed by atoms with van der Waals surface area (Å²) in [5.74, 6) is 0.994. The van der Waals surface area contributed by atoms with Crippen LogP contribution >= 0.6 is 0 Å². The number of carbonyl (C=O) groups is 1. The summed E-state index contributed by atoms with van der Waals surface area (Å²) in [6.07, 6.45) is 13.0. The maximum absolute atomic E-state index is 12.8. The zero-order valence-electron chi connectivity index (χ0n) is 17.9. The van der Waals surface area contributed by atoms with Crippen molar-refractivity contribution in [3.63, 3.8) is 0 Å². The number of rotatable bonds is 4. The highest BCUT2D eigenvalue weighted by Crippen LogP contribution is 2.44. The Labute approximate surface area is 179 Å². The number of nitrogens with one attached hydrogen (secondary N) is 1. The van der Waals surface area contributed by atoms with Gasteiger partial charge in [0, 0.05) is 42.8 Å². The van der Waals surface area contributed by atoms with Gasteiger partial charge in [-0.2, -0.15) is 0 Å². The Morgan fingerprint density at radius 2 is 1.97 bits per heavy atom. The average molecular weight is 406 g/mol. The molecule has 3 N–H and O–H groups in total. The average Bonchev–Trinajstić information content (AvgIpc) is 3.01. The SMILES string of the molecule is CCN(CC)C(=O)C1=CC=C(C2=CC3(CCNCC3)Oc3ccc(N)cc32)C=CC1. The number of nitrogens with two attached hydrogens (primary N) is 1. The molecular weight excluding hydrogens is 374 g/mol. The van der Waals surface area contributed by atoms with E-state index in [2.05, 4.69) is 29.6 Å². The number of nitrogen functional groups attached to an aromatic ring is 1. The molecule has 1 spiro atoms. The van der Waals surface area contributed by atoms with Crippen molar-refractivity contribution in [1.29, 1.82) is 0 Å². The number of carbonyl (C=O) groups excluding carboxylic acids is 1. The van der Waals surface area contributed by atoms with Gasteiger partial charge in [-0.25, -0.2) is 0 Å². The third kappa shape index (κ3) is 3.94. The maximum Gasteiger partial charge on any atom is 0.250 e. The second kappa shape index (κ2) is 8.52. The second-order valence-electron chi connectivity index (χ2n) is 8.13. The number of hydrogen-bond donors (Lipinski definition) is 2. The van der Waals surface area contributed by atoms with Crippen molar-refractivity contribution < 1.29 is 9.53 Å². The molecule has 158 valence electrons. The second-order valence-corrected chi connectivity index (χ2v) is 8.13. The fourth-order valence-electron chi connectivity index (χ4n) is 4.45. The Bertz CT molecular complexity index is 945. The van der Waals surface area contributed by atoms with E-state index < -0.39 is 0 Å². The first-order valence-corrected chi connectivity index (χ1v) is 10.9. The van der Waals surface area contributed by atoms with Crippen LogP contribution in [0.1, 0.15) is 38.7 Å². The molecule has 3 aliphatic rings. The van der Waals surface area contributed by atoms with Crippen molar-refractivity contribution in [3.05, 3.63) is 65.3 Å². The smallest absolute Gasteiger partial charge is 0.250 e. The van der Waals surface area contributed by atoms with Crippen LogP contribution in [0.2, 0.25) is 0 Å². The monoisotopic (exact) mass is 405 g/mol. The quantitative estimate of drug-likeness (QED) is 0.747. The first-order valence-electron chi connectivity index (χ1n) is 10.9. The summed E-state index contributed by atoms with van der Waals surface area (Å²) in [5.41, 5.74) is 10.6. The predicted molar refractivity (Wildman–Crippen MR) is 122 cm³/mol. The lowest BCUT2D eigenvalue weighted by molar-refractivity contribution is -0.126. The van der Waals surface area contributed by atoms with Gasteiger partial charge in [-0.05, 0) is 68.8 Å². The van der Waals surface area contributed by atoms with Crippen LogP contribution in [0.15, 0.2) is 59.7 Å². The van der Waals surface area contributed by atoms with E-state index in [0.29, 0.717) is 6.42 Å². The van der Waals surface area contributed by atoms with Crippen LogP contribution in [0.5, 0.6) is 5.75 Å². The van der Waals surface area contributed by atoms with Crippen LogP contribution in [0.4, 0.5) is 5.69 Å². The zero-order chi connectivity index (χ0) is 21.1. The molecule has 0 aromatic heterocycles. The molecule has 30 heavy (non-hydrogen) atoms. The summed E-state index contributed by atoms with van der Waals surface area (Å²) >= 11 is 0. The lowest BCUT2D eigenvalue weighted by Gasteiger charge is -2.40. The van der Waals surface area contributed by atoms with Gasteiger partial charge < -0.3 is 20.7 Å². The number of benzene rings is 1. The molecule has 0 radical (unpaired) electrons. The van der Waals surface area contributed by atoms with E-state index in [0.717, 1.165) is 72.7 Å². The molecule has 4 rings (SSSR count). The molecule has 0 atom stereocenters. The number of hydrogen-bond acceptors (Lipinski definition) is 4. The minimum atomic E-state index is -0.297. The Morgan fingerprint density at radius 1 is 1.20 bits per heavy atom. The number of fused-ring (bicyclic) bond motifs is 1. The molecule has 5 heteroatoms. The number of amides is 1. The minimum Gasteiger partial charge on any atom is -0.482 e. The van der Waals surface area contributed by atoms with Crippen molar-refractivity contribution in [2.45, 2.75) is 38.7 Å². The molecule has 1 fully saturated rings. The molecule has 1 aliphatic carbocycles. The van der Waals surface area contributed by atoms with Gasteiger partial charge in [0.25, 0.3) is 0 Å². The molecule has 1 amide bonds. The molecular formula is C25H31N3O2. The topological polar surface area (TPSA) is 67.6 Å². The zero-order valence-corrected chi connectivity index (χ0v) is 17.9. The van der Waals surface area contributed by atoms with Crippen LogP contribution in [0, 0.1) is 0 Å². The molecule has 0 saturated carbocycles. The van der Waals surface area contributed by atoms with E-state index in [4.69, 9.17) is 10.5 Å². The van der Waals surface area contributed by atoms with Gasteiger partial charge in [-0.15, -0.1) is 0 Å². The number of nitrogens with zero attached hydrogens (tertiary/aromatic N) is 1. The van der Waals surface area contributed by atoms with Crippen molar-refractivity contribution in [1.82, 2.24) is 10.2 Å². The van der Waals surface area contributed by atoms with Crippen molar-refractivity contribution in [2.24, 2.45) is 0 Å². The highest BCUT2D eigenvalue weighted by molar-refractivity contribution is 5.95. The molecule has 2 heterocycles. The van der Waals surface area contributed by atoms with E-state index in [1.807, 2.05) is 43.0 Å². The van der Waals surface area contributed by atoms with Crippen molar-refractivity contribution >= 4 is 17.2 Å². The van der Waals surface area contributed by atoms with Gasteiger partial charge in [-0.3, -0.25) is 4.79 Å². The van der Waals surface area contributed by atoms with Crippen LogP contribution in [-0.4, -0.2) is 42.6 Å². The van der Waals surface area contributed by atoms with Gasteiger partial charge >= 0.3 is 0 Å². The normalized spacial score (nSPS) is 19.7. The summed E-state index contributed by atoms with van der Waals surface area (Å²) in [6.45, 7) is 7.35. The van der Waals surface area contributed by atoms with Gasteiger partial charge in [0.1, 0.15) is 11.4 Å². The molecule has 5 nitrogen and oxygen atoms in total. The summed E-state index contributed by atoms with van der Waals surface area (Å²) in [4.78, 5) is 14.7. The van der Waals surface area contributed by atoms with Crippen LogP contribution < -0.4 is 15.8 Å². The summed E-state index contributed by atoms with van der Waals surface area (Å²) in [7, 11) is 0. The molecule has 0 bridgehead atoms. The first kappa shape index (κ1) is 20.5. The summed E-state index contributed by atoms with van der Waals surface area (Å²) in [6, 6.07) is 5.86. The van der Waals surface area contributed by atoms with E-state index in [-0.39, 0.29) is 11.5 Å². The minimum absolute atomic E-state index is 0.113. The van der Waals surface area contributed by atoms with Gasteiger partial charge in [0.05, 0.1) is 0 Å². The Kier molecular flexibility index (Phi) is 5.82. The lowest BCUT2D eigenvalue weighted by Crippen LogP contribution is -2.46. The number of anilines is 1. The number of allylic oxidation sites excluding steroid dienone is 6. The van der Waals surface area contributed by atoms with Gasteiger partial charge in [0.15, 0.2) is 0 Å². The van der Waals surface area contributed by atoms with Gasteiger partial charge in [0.2, 0.25) is 5.91 Å². The van der Waals surface area contributed by atoms with E-state index in [1.54, 1.807) is 0 Å². The Morgan fingerprint density at radius 3 is 2.70 bits per heavy atom. The highest BCUT2D eigenvalue weighted by atomic mass is 16.5. The Hall–Kier alpha value is -2.79. The van der Waals surface area contributed by atoms with E-state index >= 15 is 0 Å². The lowest BCUT2D eigenvalue weighted by atomic mass is 9.83. The predicted octanol–water partition coefficient (Wildman–Crippen LogP) is 3.85. The van der Waals surface area contributed by atoms with Crippen LogP contribution in [0.3, 0.4) is 0 Å². The van der Waals surface area contributed by atoms with E-state index in [9.17, 15) is 4.79 Å². The molecule has 1 saturated heterocycles. The van der Waals surface area contributed by atoms with Crippen molar-refractivity contribution in [3.8, 4) is 5.75 Å². The molecule has 2 aliphatic heterocycles. The highest BCUT2D eigenvalue weighted by Gasteiger charge is 2.37. The number of likely N-dealkylation sites (N-methyl/N-ethyl adjacent to an activating group) is 1. The fraction of sp³-hybridized carbons (Fsp3) is 0.400. The number of piperidine rings is 1. The van der Waals surface area contributed by atoms with Gasteiger partial charge in [-0.1, -0.05) is 24.3 Å². The third-order valence-corrected chi connectivity index (χ3v) is 6.20. The van der Waals surface area contributed by atoms with Crippen LogP contribution in [-0.2, 0) is 4.79 Å². The van der Waals surface area contributed by atoms with Crippen LogP contribution in [0.25, 0.3) is 5.57 Å². The summed E-state index contributed by atoms with van der Waals surface area (Å²) < 4.78 is 6.49. The largest absolute Gasteiger partial charge is 0.482 e. The van der Waals surface area contributed by atoms with Crippen molar-refractivity contribution in [2.75, 3.05) is 31.9 Å². The molecule has 1 aromatic rings. The Balaban J connectivity index is 1.75.